The van der Waals surface area contributed by atoms with Crippen molar-refractivity contribution in [2.24, 2.45) is 0 Å². The lowest BCUT2D eigenvalue weighted by atomic mass is 10.1. The zero-order valence-corrected chi connectivity index (χ0v) is 16.6. The number of fused-ring (bicyclic) bond motifs is 2. The second-order valence-electron chi connectivity index (χ2n) is 7.26. The maximum Gasteiger partial charge on any atom is 0.336 e. The molecule has 148 valence electrons. The van der Waals surface area contributed by atoms with E-state index < -0.39 is 0 Å². The lowest BCUT2D eigenvalue weighted by Crippen LogP contribution is -3.09. The van der Waals surface area contributed by atoms with Crippen LogP contribution in [0.3, 0.4) is 0 Å². The van der Waals surface area contributed by atoms with Gasteiger partial charge in [-0.2, -0.15) is 0 Å². The van der Waals surface area contributed by atoms with Gasteiger partial charge in [0.25, 0.3) is 5.56 Å². The second kappa shape index (κ2) is 8.01. The average Bonchev–Trinajstić information content (AvgIpc) is 2.72. The van der Waals surface area contributed by atoms with Gasteiger partial charge in [-0.05, 0) is 37.1 Å². The minimum absolute atomic E-state index is 0.126. The third kappa shape index (κ3) is 3.98. The number of H-pyrrole nitrogens is 1. The molecule has 2 N–H and O–H groups in total. The summed E-state index contributed by atoms with van der Waals surface area (Å²) >= 11 is 0. The molecular formula is C23H24N3O3+. The van der Waals surface area contributed by atoms with Gasteiger partial charge >= 0.3 is 5.63 Å². The second-order valence-corrected chi connectivity index (χ2v) is 7.26. The van der Waals surface area contributed by atoms with Crippen LogP contribution in [0.2, 0.25) is 0 Å². The van der Waals surface area contributed by atoms with Crippen LogP contribution >= 0.6 is 0 Å². The molecule has 0 fully saturated rings. The molecule has 2 aromatic heterocycles. The molecule has 0 spiro atoms. The molecule has 0 aliphatic rings. The van der Waals surface area contributed by atoms with E-state index in [0.29, 0.717) is 35.4 Å². The minimum atomic E-state index is -0.339. The number of aryl methyl sites for hydroxylation is 1. The van der Waals surface area contributed by atoms with E-state index in [9.17, 15) is 9.59 Å². The molecule has 2 heterocycles. The lowest BCUT2D eigenvalue weighted by Gasteiger charge is -2.18. The van der Waals surface area contributed by atoms with Crippen molar-refractivity contribution < 1.29 is 9.32 Å². The molecule has 0 saturated heterocycles. The lowest BCUT2D eigenvalue weighted by molar-refractivity contribution is -0.926. The molecule has 4 aromatic rings. The molecule has 0 saturated carbocycles. The molecule has 1 unspecified atom stereocenters. The number of aromatic nitrogens is 2. The van der Waals surface area contributed by atoms with E-state index in [4.69, 9.17) is 4.42 Å². The maximum atomic E-state index is 12.3. The van der Waals surface area contributed by atoms with Crippen LogP contribution in [0.5, 0.6) is 0 Å². The number of hydrogen-bond donors (Lipinski definition) is 2. The van der Waals surface area contributed by atoms with Crippen LogP contribution in [0.1, 0.15) is 30.8 Å². The molecule has 4 rings (SSSR count). The smallest absolute Gasteiger partial charge is 0.336 e. The molecule has 2 aromatic carbocycles. The third-order valence-electron chi connectivity index (χ3n) is 5.32. The maximum absolute atomic E-state index is 12.3. The Bertz CT molecular complexity index is 1290. The third-order valence-corrected chi connectivity index (χ3v) is 5.32. The van der Waals surface area contributed by atoms with E-state index in [1.54, 1.807) is 12.1 Å². The van der Waals surface area contributed by atoms with Crippen molar-refractivity contribution in [2.75, 3.05) is 6.54 Å². The summed E-state index contributed by atoms with van der Waals surface area (Å²) in [6.45, 7) is 6.18. The van der Waals surface area contributed by atoms with Gasteiger partial charge in [-0.15, -0.1) is 0 Å². The summed E-state index contributed by atoms with van der Waals surface area (Å²) < 4.78 is 5.42. The molecule has 0 bridgehead atoms. The van der Waals surface area contributed by atoms with Crippen molar-refractivity contribution in [1.29, 1.82) is 0 Å². The van der Waals surface area contributed by atoms with Crippen molar-refractivity contribution in [3.05, 3.63) is 86.3 Å². The molecule has 6 heteroatoms. The Morgan fingerprint density at radius 3 is 2.62 bits per heavy atom. The van der Waals surface area contributed by atoms with Crippen LogP contribution in [0, 0.1) is 0 Å². The number of benzene rings is 2. The highest BCUT2D eigenvalue weighted by Crippen LogP contribution is 2.18. The first kappa shape index (κ1) is 19.1. The van der Waals surface area contributed by atoms with E-state index in [-0.39, 0.29) is 11.2 Å². The van der Waals surface area contributed by atoms with Crippen LogP contribution in [0.25, 0.3) is 21.9 Å². The SMILES string of the molecule is CCc1ccc2c(C[NH+](CC)Cc3nc4ccccc4c(=O)[nH]3)cc(=O)oc2c1. The van der Waals surface area contributed by atoms with Gasteiger partial charge in [-0.3, -0.25) is 4.79 Å². The number of rotatable bonds is 6. The van der Waals surface area contributed by atoms with Crippen LogP contribution < -0.4 is 16.1 Å². The molecule has 0 aliphatic carbocycles. The summed E-state index contributed by atoms with van der Waals surface area (Å²) in [6.07, 6.45) is 0.886. The van der Waals surface area contributed by atoms with E-state index in [0.717, 1.165) is 29.5 Å². The Balaban J connectivity index is 1.66. The molecule has 0 aliphatic heterocycles. The number of nitrogens with one attached hydrogen (secondary N) is 2. The zero-order chi connectivity index (χ0) is 20.4. The summed E-state index contributed by atoms with van der Waals surface area (Å²) in [5.41, 5.74) is 2.93. The van der Waals surface area contributed by atoms with E-state index in [1.165, 1.54) is 4.90 Å². The number of hydrogen-bond acceptors (Lipinski definition) is 4. The quantitative estimate of drug-likeness (QED) is 0.495. The van der Waals surface area contributed by atoms with Gasteiger partial charge in [-0.25, -0.2) is 9.78 Å². The molecule has 6 nitrogen and oxygen atoms in total. The number of aromatic amines is 1. The van der Waals surface area contributed by atoms with Gasteiger partial charge in [-0.1, -0.05) is 31.2 Å². The Morgan fingerprint density at radius 1 is 1.00 bits per heavy atom. The highest BCUT2D eigenvalue weighted by molar-refractivity contribution is 5.80. The van der Waals surface area contributed by atoms with Gasteiger partial charge in [0.1, 0.15) is 18.7 Å². The van der Waals surface area contributed by atoms with Crippen LogP contribution in [0.15, 0.2) is 62.5 Å². The van der Waals surface area contributed by atoms with Crippen molar-refractivity contribution >= 4 is 21.9 Å². The molecule has 1 atom stereocenters. The number of quaternary nitrogens is 1. The van der Waals surface area contributed by atoms with Gasteiger partial charge in [0.2, 0.25) is 0 Å². The first-order valence-electron chi connectivity index (χ1n) is 9.94. The van der Waals surface area contributed by atoms with Crippen molar-refractivity contribution in [3.63, 3.8) is 0 Å². The van der Waals surface area contributed by atoms with E-state index in [1.807, 2.05) is 30.3 Å². The van der Waals surface area contributed by atoms with Crippen LogP contribution in [0.4, 0.5) is 0 Å². The summed E-state index contributed by atoms with van der Waals surface area (Å²) in [6, 6.07) is 14.9. The van der Waals surface area contributed by atoms with Gasteiger partial charge < -0.3 is 14.3 Å². The molecule has 0 amide bonds. The van der Waals surface area contributed by atoms with Crippen LogP contribution in [-0.2, 0) is 19.5 Å². The Kier molecular flexibility index (Phi) is 5.27. The van der Waals surface area contributed by atoms with Crippen molar-refractivity contribution in [1.82, 2.24) is 9.97 Å². The Labute approximate surface area is 167 Å². The Hall–Kier alpha value is -3.25. The standard InChI is InChI=1S/C23H23N3O3/c1-3-15-9-10-17-16(12-22(27)29-20(17)11-15)13-26(4-2)14-21-24-19-8-6-5-7-18(19)23(28)25-21/h5-12H,3-4,13-14H2,1-2H3,(H,24,25,28)/p+1. The first-order chi connectivity index (χ1) is 14.1. The fraction of sp³-hybridized carbons (Fsp3) is 0.261. The van der Waals surface area contributed by atoms with E-state index in [2.05, 4.69) is 29.9 Å². The van der Waals surface area contributed by atoms with Gasteiger partial charge in [0.05, 0.1) is 17.4 Å². The average molecular weight is 390 g/mol. The summed E-state index contributed by atoms with van der Waals surface area (Å²) in [5.74, 6) is 0.645. The number of para-hydroxylation sites is 1. The summed E-state index contributed by atoms with van der Waals surface area (Å²) in [4.78, 5) is 33.1. The van der Waals surface area contributed by atoms with E-state index >= 15 is 0 Å². The van der Waals surface area contributed by atoms with Crippen LogP contribution in [-0.4, -0.2) is 16.5 Å². The monoisotopic (exact) mass is 390 g/mol. The fourth-order valence-corrected chi connectivity index (χ4v) is 3.68. The first-order valence-corrected chi connectivity index (χ1v) is 9.94. The fourth-order valence-electron chi connectivity index (χ4n) is 3.68. The largest absolute Gasteiger partial charge is 0.423 e. The minimum Gasteiger partial charge on any atom is -0.423 e. The highest BCUT2D eigenvalue weighted by Gasteiger charge is 2.15. The highest BCUT2D eigenvalue weighted by atomic mass is 16.4. The molecule has 0 radical (unpaired) electrons. The topological polar surface area (TPSA) is 80.4 Å². The summed E-state index contributed by atoms with van der Waals surface area (Å²) in [5, 5.41) is 1.54. The predicted molar refractivity (Wildman–Crippen MR) is 113 cm³/mol. The predicted octanol–water partition coefficient (Wildman–Crippen LogP) is 2.20. The normalized spacial score (nSPS) is 12.5. The van der Waals surface area contributed by atoms with Crippen molar-refractivity contribution in [3.8, 4) is 0 Å². The van der Waals surface area contributed by atoms with Gasteiger partial charge in [0, 0.05) is 17.0 Å². The van der Waals surface area contributed by atoms with Crippen molar-refractivity contribution in [2.45, 2.75) is 33.4 Å². The zero-order valence-electron chi connectivity index (χ0n) is 16.6. The Morgan fingerprint density at radius 2 is 1.83 bits per heavy atom. The summed E-state index contributed by atoms with van der Waals surface area (Å²) in [7, 11) is 0. The number of nitrogens with zero attached hydrogens (tertiary/aromatic N) is 1. The molecular weight excluding hydrogens is 366 g/mol. The molecule has 29 heavy (non-hydrogen) atoms. The van der Waals surface area contributed by atoms with Gasteiger partial charge in [0.15, 0.2) is 5.82 Å².